The quantitative estimate of drug-likeness (QED) is 0.691. The SMILES string of the molecule is C[Si](C)(C)C(Br)=Cc1ccccc1. The third-order valence-corrected chi connectivity index (χ3v) is 7.18. The molecule has 0 atom stereocenters. The molecule has 0 nitrogen and oxygen atoms in total. The van der Waals surface area contributed by atoms with E-state index in [9.17, 15) is 0 Å². The van der Waals surface area contributed by atoms with Crippen LogP contribution >= 0.6 is 15.9 Å². The monoisotopic (exact) mass is 254 g/mol. The fraction of sp³-hybridized carbons (Fsp3) is 0.273. The topological polar surface area (TPSA) is 0 Å². The van der Waals surface area contributed by atoms with Crippen molar-refractivity contribution in [2.75, 3.05) is 0 Å². The van der Waals surface area contributed by atoms with Crippen LogP contribution in [0, 0.1) is 0 Å². The molecule has 0 aromatic heterocycles. The maximum atomic E-state index is 3.66. The lowest BCUT2D eigenvalue weighted by molar-refractivity contribution is 1.65. The third kappa shape index (κ3) is 3.49. The van der Waals surface area contributed by atoms with E-state index in [-0.39, 0.29) is 0 Å². The maximum Gasteiger partial charge on any atom is 0.0865 e. The van der Waals surface area contributed by atoms with Crippen molar-refractivity contribution in [2.24, 2.45) is 0 Å². The fourth-order valence-corrected chi connectivity index (χ4v) is 1.78. The van der Waals surface area contributed by atoms with Gasteiger partial charge < -0.3 is 0 Å². The smallest absolute Gasteiger partial charge is 0.0651 e. The van der Waals surface area contributed by atoms with E-state index in [1.54, 1.807) is 0 Å². The molecule has 0 saturated heterocycles. The average molecular weight is 255 g/mol. The van der Waals surface area contributed by atoms with Gasteiger partial charge in [0, 0.05) is 0 Å². The summed E-state index contributed by atoms with van der Waals surface area (Å²) in [6, 6.07) is 10.4. The average Bonchev–Trinajstić information content (AvgIpc) is 2.04. The van der Waals surface area contributed by atoms with Gasteiger partial charge in [-0.3, -0.25) is 0 Å². The van der Waals surface area contributed by atoms with Gasteiger partial charge in [0.05, 0.1) is 8.07 Å². The maximum absolute atomic E-state index is 3.66. The molecule has 0 saturated carbocycles. The minimum atomic E-state index is -1.17. The molecule has 0 aliphatic heterocycles. The summed E-state index contributed by atoms with van der Waals surface area (Å²) < 4.78 is 1.37. The first-order valence-electron chi connectivity index (χ1n) is 4.43. The summed E-state index contributed by atoms with van der Waals surface area (Å²) in [5.41, 5.74) is 1.27. The van der Waals surface area contributed by atoms with Crippen molar-refractivity contribution in [1.29, 1.82) is 0 Å². The Bertz CT molecular complexity index is 296. The van der Waals surface area contributed by atoms with Crippen LogP contribution in [0.25, 0.3) is 6.08 Å². The van der Waals surface area contributed by atoms with E-state index >= 15 is 0 Å². The minimum absolute atomic E-state index is 1.17. The lowest BCUT2D eigenvalue weighted by Gasteiger charge is -2.14. The lowest BCUT2D eigenvalue weighted by Crippen LogP contribution is -2.19. The van der Waals surface area contributed by atoms with Crippen molar-refractivity contribution in [3.63, 3.8) is 0 Å². The Morgan fingerprint density at radius 2 is 1.69 bits per heavy atom. The largest absolute Gasteiger partial charge is 0.0865 e. The summed E-state index contributed by atoms with van der Waals surface area (Å²) in [5, 5.41) is 0. The highest BCUT2D eigenvalue weighted by Crippen LogP contribution is 2.23. The minimum Gasteiger partial charge on any atom is -0.0651 e. The Balaban J connectivity index is 2.90. The molecule has 70 valence electrons. The lowest BCUT2D eigenvalue weighted by atomic mass is 10.2. The molecule has 1 aromatic carbocycles. The molecular formula is C11H15BrSi. The molecule has 0 unspecified atom stereocenters. The molecule has 1 rings (SSSR count). The Labute approximate surface area is 89.8 Å². The summed E-state index contributed by atoms with van der Waals surface area (Å²) in [6.07, 6.45) is 2.23. The van der Waals surface area contributed by atoms with Crippen LogP contribution in [0.3, 0.4) is 0 Å². The van der Waals surface area contributed by atoms with E-state index < -0.39 is 8.07 Å². The molecule has 0 radical (unpaired) electrons. The molecule has 0 aliphatic carbocycles. The van der Waals surface area contributed by atoms with Crippen LogP contribution in [-0.4, -0.2) is 8.07 Å². The molecule has 0 heterocycles. The van der Waals surface area contributed by atoms with Gasteiger partial charge in [0.15, 0.2) is 0 Å². The van der Waals surface area contributed by atoms with Crippen LogP contribution in [0.15, 0.2) is 34.4 Å². The highest BCUT2D eigenvalue weighted by Gasteiger charge is 2.16. The zero-order valence-electron chi connectivity index (χ0n) is 8.34. The van der Waals surface area contributed by atoms with Crippen LogP contribution < -0.4 is 0 Å². The first kappa shape index (κ1) is 10.7. The second-order valence-electron chi connectivity index (χ2n) is 4.15. The van der Waals surface area contributed by atoms with Crippen molar-refractivity contribution >= 4 is 30.1 Å². The van der Waals surface area contributed by atoms with Gasteiger partial charge in [-0.1, -0.05) is 65.9 Å². The molecule has 0 bridgehead atoms. The predicted octanol–water partition coefficient (Wildman–Crippen LogP) is 4.30. The first-order chi connectivity index (χ1) is 6.00. The second-order valence-corrected chi connectivity index (χ2v) is 10.8. The predicted molar refractivity (Wildman–Crippen MR) is 66.7 cm³/mol. The van der Waals surface area contributed by atoms with Gasteiger partial charge in [-0.05, 0) is 15.7 Å². The first-order valence-corrected chi connectivity index (χ1v) is 8.72. The van der Waals surface area contributed by atoms with E-state index in [0.717, 1.165) is 0 Å². The third-order valence-electron chi connectivity index (χ3n) is 1.81. The van der Waals surface area contributed by atoms with Crippen molar-refractivity contribution in [2.45, 2.75) is 19.6 Å². The normalized spacial score (nSPS) is 13.1. The van der Waals surface area contributed by atoms with Gasteiger partial charge in [0.25, 0.3) is 0 Å². The van der Waals surface area contributed by atoms with Gasteiger partial charge in [0.1, 0.15) is 0 Å². The van der Waals surface area contributed by atoms with E-state index in [1.807, 2.05) is 6.07 Å². The standard InChI is InChI=1S/C11H15BrSi/c1-13(2,3)11(12)9-10-7-5-4-6-8-10/h4-9H,1-3H3. The summed E-state index contributed by atoms with van der Waals surface area (Å²) >= 11 is 3.66. The van der Waals surface area contributed by atoms with Gasteiger partial charge >= 0.3 is 0 Å². The van der Waals surface area contributed by atoms with Crippen LogP contribution in [-0.2, 0) is 0 Å². The molecule has 0 aliphatic rings. The van der Waals surface area contributed by atoms with Crippen molar-refractivity contribution < 1.29 is 0 Å². The van der Waals surface area contributed by atoms with E-state index in [0.29, 0.717) is 0 Å². The molecule has 0 fully saturated rings. The summed E-state index contributed by atoms with van der Waals surface area (Å²) in [7, 11) is -1.17. The van der Waals surface area contributed by atoms with E-state index in [2.05, 4.69) is 65.9 Å². The molecule has 0 spiro atoms. The molecule has 0 amide bonds. The Kier molecular flexibility index (Phi) is 3.51. The van der Waals surface area contributed by atoms with E-state index in [1.165, 1.54) is 9.67 Å². The molecule has 1 aromatic rings. The van der Waals surface area contributed by atoms with Crippen molar-refractivity contribution in [3.05, 3.63) is 40.0 Å². The Morgan fingerprint density at radius 1 is 1.15 bits per heavy atom. The van der Waals surface area contributed by atoms with Crippen molar-refractivity contribution in [3.8, 4) is 0 Å². The van der Waals surface area contributed by atoms with Gasteiger partial charge in [0.2, 0.25) is 0 Å². The molecular weight excluding hydrogens is 240 g/mol. The highest BCUT2D eigenvalue weighted by atomic mass is 79.9. The summed E-state index contributed by atoms with van der Waals surface area (Å²) in [6.45, 7) is 6.99. The van der Waals surface area contributed by atoms with Gasteiger partial charge in [-0.25, -0.2) is 0 Å². The number of hydrogen-bond donors (Lipinski definition) is 0. The highest BCUT2D eigenvalue weighted by molar-refractivity contribution is 9.12. The Morgan fingerprint density at radius 3 is 2.15 bits per heavy atom. The van der Waals surface area contributed by atoms with Gasteiger partial charge in [-0.15, -0.1) is 0 Å². The second kappa shape index (κ2) is 4.25. The zero-order chi connectivity index (χ0) is 9.90. The van der Waals surface area contributed by atoms with Crippen molar-refractivity contribution in [1.82, 2.24) is 0 Å². The number of hydrogen-bond acceptors (Lipinski definition) is 0. The summed E-state index contributed by atoms with van der Waals surface area (Å²) in [5.74, 6) is 0. The van der Waals surface area contributed by atoms with Crippen LogP contribution in [0.4, 0.5) is 0 Å². The van der Waals surface area contributed by atoms with Crippen LogP contribution in [0.2, 0.25) is 19.6 Å². The Hall–Kier alpha value is -0.343. The zero-order valence-corrected chi connectivity index (χ0v) is 10.9. The number of benzene rings is 1. The number of halogens is 1. The fourth-order valence-electron chi connectivity index (χ4n) is 0.912. The summed E-state index contributed by atoms with van der Waals surface area (Å²) in [4.78, 5) is 0. The molecule has 13 heavy (non-hydrogen) atoms. The number of rotatable bonds is 2. The molecule has 2 heteroatoms. The van der Waals surface area contributed by atoms with Gasteiger partial charge in [-0.2, -0.15) is 0 Å². The van der Waals surface area contributed by atoms with Crippen LogP contribution in [0.1, 0.15) is 5.56 Å². The van der Waals surface area contributed by atoms with E-state index in [4.69, 9.17) is 0 Å². The van der Waals surface area contributed by atoms with Crippen LogP contribution in [0.5, 0.6) is 0 Å². The molecule has 0 N–H and O–H groups in total.